The number of ketones is 1. The molecule has 2 unspecified atom stereocenters. The number of carbonyl (C=O) groups is 3. The SMILES string of the molecule is CCC(C)C(=O)C(=O)NC(C)(CC(C)C)C(N)=O. The molecule has 5 nitrogen and oxygen atoms in total. The minimum Gasteiger partial charge on any atom is -0.368 e. The van der Waals surface area contributed by atoms with Crippen molar-refractivity contribution in [3.8, 4) is 0 Å². The Hall–Kier alpha value is -1.39. The number of rotatable bonds is 7. The van der Waals surface area contributed by atoms with Gasteiger partial charge in [-0.25, -0.2) is 0 Å². The molecule has 0 aromatic carbocycles. The fourth-order valence-electron chi connectivity index (χ4n) is 1.75. The van der Waals surface area contributed by atoms with Gasteiger partial charge in [0.2, 0.25) is 11.7 Å². The van der Waals surface area contributed by atoms with E-state index in [2.05, 4.69) is 5.32 Å². The molecule has 0 saturated carbocycles. The average molecular weight is 256 g/mol. The van der Waals surface area contributed by atoms with Gasteiger partial charge >= 0.3 is 0 Å². The minimum absolute atomic E-state index is 0.182. The molecule has 104 valence electrons. The molecule has 5 heteroatoms. The van der Waals surface area contributed by atoms with Crippen molar-refractivity contribution in [2.24, 2.45) is 17.6 Å². The molecule has 0 rings (SSSR count). The summed E-state index contributed by atoms with van der Waals surface area (Å²) < 4.78 is 0. The Kier molecular flexibility index (Phi) is 6.01. The number of amides is 2. The second kappa shape index (κ2) is 6.52. The van der Waals surface area contributed by atoms with E-state index in [0.29, 0.717) is 12.8 Å². The molecule has 0 aliphatic carbocycles. The number of primary amides is 1. The molecule has 2 amide bonds. The van der Waals surface area contributed by atoms with Gasteiger partial charge in [0.25, 0.3) is 5.91 Å². The summed E-state index contributed by atoms with van der Waals surface area (Å²) in [5.74, 6) is -2.02. The van der Waals surface area contributed by atoms with Crippen LogP contribution in [0.1, 0.15) is 47.5 Å². The highest BCUT2D eigenvalue weighted by Gasteiger charge is 2.35. The smallest absolute Gasteiger partial charge is 0.288 e. The maximum Gasteiger partial charge on any atom is 0.288 e. The fourth-order valence-corrected chi connectivity index (χ4v) is 1.75. The second-order valence-electron chi connectivity index (χ2n) is 5.42. The van der Waals surface area contributed by atoms with Crippen molar-refractivity contribution in [3.05, 3.63) is 0 Å². The third-order valence-electron chi connectivity index (χ3n) is 3.03. The van der Waals surface area contributed by atoms with E-state index >= 15 is 0 Å². The Balaban J connectivity index is 4.85. The molecule has 18 heavy (non-hydrogen) atoms. The van der Waals surface area contributed by atoms with Crippen molar-refractivity contribution in [1.82, 2.24) is 5.32 Å². The molecule has 0 saturated heterocycles. The summed E-state index contributed by atoms with van der Waals surface area (Å²) in [5, 5.41) is 2.48. The van der Waals surface area contributed by atoms with Gasteiger partial charge in [0.15, 0.2) is 0 Å². The van der Waals surface area contributed by atoms with Gasteiger partial charge < -0.3 is 11.1 Å². The van der Waals surface area contributed by atoms with E-state index in [1.807, 2.05) is 20.8 Å². The maximum absolute atomic E-state index is 11.8. The maximum atomic E-state index is 11.8. The van der Waals surface area contributed by atoms with E-state index in [4.69, 9.17) is 5.73 Å². The second-order valence-corrected chi connectivity index (χ2v) is 5.42. The Labute approximate surface area is 108 Å². The van der Waals surface area contributed by atoms with E-state index in [1.54, 1.807) is 13.8 Å². The van der Waals surface area contributed by atoms with Gasteiger partial charge in [0, 0.05) is 5.92 Å². The Morgan fingerprint density at radius 3 is 2.06 bits per heavy atom. The normalized spacial score (nSPS) is 15.9. The van der Waals surface area contributed by atoms with Gasteiger partial charge in [0.1, 0.15) is 5.54 Å². The highest BCUT2D eigenvalue weighted by atomic mass is 16.2. The van der Waals surface area contributed by atoms with Crippen LogP contribution in [-0.4, -0.2) is 23.1 Å². The number of carbonyl (C=O) groups excluding carboxylic acids is 3. The van der Waals surface area contributed by atoms with Crippen molar-refractivity contribution in [1.29, 1.82) is 0 Å². The minimum atomic E-state index is -1.17. The van der Waals surface area contributed by atoms with Crippen LogP contribution in [0.15, 0.2) is 0 Å². The van der Waals surface area contributed by atoms with Crippen LogP contribution >= 0.6 is 0 Å². The van der Waals surface area contributed by atoms with Gasteiger partial charge in [-0.05, 0) is 25.7 Å². The lowest BCUT2D eigenvalue weighted by atomic mass is 9.89. The van der Waals surface area contributed by atoms with E-state index in [1.165, 1.54) is 0 Å². The first kappa shape index (κ1) is 16.6. The molecule has 2 atom stereocenters. The molecular weight excluding hydrogens is 232 g/mol. The van der Waals surface area contributed by atoms with E-state index in [9.17, 15) is 14.4 Å². The van der Waals surface area contributed by atoms with Gasteiger partial charge in [-0.15, -0.1) is 0 Å². The van der Waals surface area contributed by atoms with E-state index in [-0.39, 0.29) is 11.8 Å². The topological polar surface area (TPSA) is 89.3 Å². The standard InChI is InChI=1S/C13H24N2O3/c1-6-9(4)10(16)11(17)15-13(5,12(14)18)7-8(2)3/h8-9H,6-7H2,1-5H3,(H2,14,18)(H,15,17). The number of nitrogens with one attached hydrogen (secondary N) is 1. The number of hydrogen-bond donors (Lipinski definition) is 2. The predicted molar refractivity (Wildman–Crippen MR) is 69.7 cm³/mol. The van der Waals surface area contributed by atoms with Gasteiger partial charge in [-0.3, -0.25) is 14.4 Å². The monoisotopic (exact) mass is 256 g/mol. The van der Waals surface area contributed by atoms with Crippen LogP contribution in [0.2, 0.25) is 0 Å². The van der Waals surface area contributed by atoms with Gasteiger partial charge in [-0.2, -0.15) is 0 Å². The lowest BCUT2D eigenvalue weighted by Crippen LogP contribution is -2.57. The highest BCUT2D eigenvalue weighted by Crippen LogP contribution is 2.16. The van der Waals surface area contributed by atoms with E-state index in [0.717, 1.165) is 0 Å². The van der Waals surface area contributed by atoms with Gasteiger partial charge in [-0.1, -0.05) is 27.7 Å². The van der Waals surface area contributed by atoms with Crippen molar-refractivity contribution < 1.29 is 14.4 Å². The molecule has 0 heterocycles. The number of Topliss-reactive ketones (excluding diaryl/α,β-unsaturated/α-hetero) is 1. The molecule has 3 N–H and O–H groups in total. The van der Waals surface area contributed by atoms with E-state index < -0.39 is 23.1 Å². The molecule has 0 spiro atoms. The summed E-state index contributed by atoms with van der Waals surface area (Å²) in [6.07, 6.45) is 0.992. The third kappa shape index (κ3) is 4.47. The average Bonchev–Trinajstić information content (AvgIpc) is 2.25. The van der Waals surface area contributed by atoms with Gasteiger partial charge in [0.05, 0.1) is 0 Å². The number of nitrogens with two attached hydrogens (primary N) is 1. The molecule has 0 bridgehead atoms. The zero-order valence-electron chi connectivity index (χ0n) is 11.9. The number of hydrogen-bond acceptors (Lipinski definition) is 3. The lowest BCUT2D eigenvalue weighted by Gasteiger charge is -2.29. The quantitative estimate of drug-likeness (QED) is 0.666. The van der Waals surface area contributed by atoms with Crippen molar-refractivity contribution in [2.45, 2.75) is 53.0 Å². The largest absolute Gasteiger partial charge is 0.368 e. The predicted octanol–water partition coefficient (Wildman–Crippen LogP) is 1.01. The Morgan fingerprint density at radius 1 is 1.22 bits per heavy atom. The zero-order chi connectivity index (χ0) is 14.5. The summed E-state index contributed by atoms with van der Waals surface area (Å²) >= 11 is 0. The molecule has 0 aromatic heterocycles. The first-order valence-corrected chi connectivity index (χ1v) is 6.30. The van der Waals surface area contributed by atoms with Crippen LogP contribution in [0.5, 0.6) is 0 Å². The van der Waals surface area contributed by atoms with Crippen LogP contribution < -0.4 is 11.1 Å². The fraction of sp³-hybridized carbons (Fsp3) is 0.769. The highest BCUT2D eigenvalue weighted by molar-refractivity contribution is 6.37. The lowest BCUT2D eigenvalue weighted by molar-refractivity contribution is -0.142. The summed E-state index contributed by atoms with van der Waals surface area (Å²) in [5.41, 5.74) is 4.14. The first-order chi connectivity index (χ1) is 8.14. The van der Waals surface area contributed by atoms with Crippen molar-refractivity contribution >= 4 is 17.6 Å². The summed E-state index contributed by atoms with van der Waals surface area (Å²) in [6, 6.07) is 0. The molecule has 0 fully saturated rings. The molecule has 0 aliphatic rings. The summed E-state index contributed by atoms with van der Waals surface area (Å²) in [6.45, 7) is 8.91. The third-order valence-corrected chi connectivity index (χ3v) is 3.03. The van der Waals surface area contributed by atoms with Crippen LogP contribution in [-0.2, 0) is 14.4 Å². The van der Waals surface area contributed by atoms with Crippen LogP contribution in [0.3, 0.4) is 0 Å². The molecule has 0 radical (unpaired) electrons. The Morgan fingerprint density at radius 2 is 1.72 bits per heavy atom. The van der Waals surface area contributed by atoms with Crippen molar-refractivity contribution in [3.63, 3.8) is 0 Å². The molecular formula is C13H24N2O3. The van der Waals surface area contributed by atoms with Crippen LogP contribution in [0.25, 0.3) is 0 Å². The molecule has 0 aromatic rings. The van der Waals surface area contributed by atoms with Crippen molar-refractivity contribution in [2.75, 3.05) is 0 Å². The van der Waals surface area contributed by atoms with Crippen LogP contribution in [0, 0.1) is 11.8 Å². The summed E-state index contributed by atoms with van der Waals surface area (Å²) in [4.78, 5) is 34.9. The Bertz CT molecular complexity index is 339. The zero-order valence-corrected chi connectivity index (χ0v) is 11.9. The summed E-state index contributed by atoms with van der Waals surface area (Å²) in [7, 11) is 0. The van der Waals surface area contributed by atoms with Crippen LogP contribution in [0.4, 0.5) is 0 Å². The first-order valence-electron chi connectivity index (χ1n) is 6.30. The molecule has 0 aliphatic heterocycles.